The maximum absolute atomic E-state index is 12.0. The van der Waals surface area contributed by atoms with Crippen LogP contribution in [0.3, 0.4) is 0 Å². The molecule has 3 nitrogen and oxygen atoms in total. The van der Waals surface area contributed by atoms with E-state index in [0.717, 1.165) is 4.90 Å². The minimum Gasteiger partial charge on any atom is -0.331 e. The van der Waals surface area contributed by atoms with Gasteiger partial charge in [-0.1, -0.05) is 0 Å². The number of carbonyl (C=O) groups excluding carboxylic acids is 1. The number of amides is 1. The van der Waals surface area contributed by atoms with Gasteiger partial charge in [0.05, 0.1) is 0 Å². The topological polar surface area (TPSA) is 46.3 Å². The Morgan fingerprint density at radius 2 is 2.00 bits per heavy atom. The molecule has 6 heteroatoms. The third kappa shape index (κ3) is 2.58. The Bertz CT molecular complexity index is 200. The van der Waals surface area contributed by atoms with Crippen molar-refractivity contribution in [3.8, 4) is 0 Å². The van der Waals surface area contributed by atoms with Gasteiger partial charge >= 0.3 is 12.1 Å². The number of carbonyl (C=O) groups is 1. The van der Waals surface area contributed by atoms with E-state index in [1.165, 1.54) is 0 Å². The maximum Gasteiger partial charge on any atom is 0.471 e. The van der Waals surface area contributed by atoms with Crippen molar-refractivity contribution in [1.82, 2.24) is 4.90 Å². The van der Waals surface area contributed by atoms with Gasteiger partial charge in [-0.05, 0) is 12.8 Å². The lowest BCUT2D eigenvalue weighted by atomic mass is 10.4. The van der Waals surface area contributed by atoms with Crippen LogP contribution in [-0.4, -0.2) is 36.1 Å². The summed E-state index contributed by atoms with van der Waals surface area (Å²) in [5.74, 6) is -1.76. The van der Waals surface area contributed by atoms with Gasteiger partial charge in [-0.3, -0.25) is 4.79 Å². The van der Waals surface area contributed by atoms with E-state index < -0.39 is 12.1 Å². The minimum absolute atomic E-state index is 0.0109. The standard InChI is InChI=1S/C7H11F3N2O/c8-7(9,10)6(13)12(4-3-11)5-1-2-5/h5H,1-4,11H2. The highest BCUT2D eigenvalue weighted by molar-refractivity contribution is 5.82. The summed E-state index contributed by atoms with van der Waals surface area (Å²) >= 11 is 0. The molecular formula is C7H11F3N2O. The van der Waals surface area contributed by atoms with E-state index in [1.807, 2.05) is 0 Å². The van der Waals surface area contributed by atoms with Gasteiger partial charge in [0, 0.05) is 19.1 Å². The number of alkyl halides is 3. The lowest BCUT2D eigenvalue weighted by Crippen LogP contribution is -2.44. The molecule has 1 fully saturated rings. The molecule has 0 saturated heterocycles. The van der Waals surface area contributed by atoms with Gasteiger partial charge in [0.1, 0.15) is 0 Å². The second-order valence-electron chi connectivity index (χ2n) is 3.02. The van der Waals surface area contributed by atoms with Crippen LogP contribution in [0.2, 0.25) is 0 Å². The molecule has 1 saturated carbocycles. The van der Waals surface area contributed by atoms with Gasteiger partial charge in [-0.15, -0.1) is 0 Å². The SMILES string of the molecule is NCCN(C(=O)C(F)(F)F)C1CC1. The smallest absolute Gasteiger partial charge is 0.331 e. The van der Waals surface area contributed by atoms with Crippen LogP contribution in [0.25, 0.3) is 0 Å². The highest BCUT2D eigenvalue weighted by atomic mass is 19.4. The van der Waals surface area contributed by atoms with Crippen LogP contribution in [0.4, 0.5) is 13.2 Å². The predicted molar refractivity (Wildman–Crippen MR) is 39.8 cm³/mol. The Balaban J connectivity index is 2.58. The molecule has 0 aromatic carbocycles. The van der Waals surface area contributed by atoms with E-state index in [9.17, 15) is 18.0 Å². The first-order valence-electron chi connectivity index (χ1n) is 4.04. The third-order valence-corrected chi connectivity index (χ3v) is 1.86. The molecule has 0 aromatic heterocycles. The number of nitrogens with zero attached hydrogens (tertiary/aromatic N) is 1. The van der Waals surface area contributed by atoms with Gasteiger partial charge < -0.3 is 10.6 Å². The van der Waals surface area contributed by atoms with E-state index >= 15 is 0 Å². The Kier molecular flexibility index (Phi) is 2.80. The zero-order chi connectivity index (χ0) is 10.1. The van der Waals surface area contributed by atoms with Crippen molar-refractivity contribution in [3.05, 3.63) is 0 Å². The Morgan fingerprint density at radius 3 is 2.31 bits per heavy atom. The van der Waals surface area contributed by atoms with E-state index in [-0.39, 0.29) is 19.1 Å². The largest absolute Gasteiger partial charge is 0.471 e. The molecule has 1 aliphatic carbocycles. The molecule has 1 rings (SSSR count). The first-order chi connectivity index (χ1) is 5.96. The molecule has 1 amide bonds. The highest BCUT2D eigenvalue weighted by Crippen LogP contribution is 2.30. The lowest BCUT2D eigenvalue weighted by molar-refractivity contribution is -0.186. The number of nitrogens with two attached hydrogens (primary N) is 1. The Labute approximate surface area is 73.7 Å². The van der Waals surface area contributed by atoms with Crippen molar-refractivity contribution in [1.29, 1.82) is 0 Å². The normalized spacial score (nSPS) is 17.2. The molecule has 0 aliphatic heterocycles. The Hall–Kier alpha value is -0.780. The van der Waals surface area contributed by atoms with Gasteiger partial charge in [0.25, 0.3) is 0 Å². The lowest BCUT2D eigenvalue weighted by Gasteiger charge is -2.22. The number of halogens is 3. The van der Waals surface area contributed by atoms with Crippen LogP contribution in [-0.2, 0) is 4.79 Å². The summed E-state index contributed by atoms with van der Waals surface area (Å²) in [4.78, 5) is 11.6. The van der Waals surface area contributed by atoms with Gasteiger partial charge in [-0.2, -0.15) is 13.2 Å². The van der Waals surface area contributed by atoms with Crippen molar-refractivity contribution in [2.75, 3.05) is 13.1 Å². The minimum atomic E-state index is -4.77. The average Bonchev–Trinajstić information content (AvgIpc) is 2.79. The fourth-order valence-corrected chi connectivity index (χ4v) is 1.14. The molecule has 0 unspecified atom stereocenters. The van der Waals surface area contributed by atoms with Crippen LogP contribution in [0, 0.1) is 0 Å². The second kappa shape index (κ2) is 3.53. The summed E-state index contributed by atoms with van der Waals surface area (Å²) in [6.45, 7) is 0.0569. The summed E-state index contributed by atoms with van der Waals surface area (Å²) in [6.07, 6.45) is -3.46. The number of hydrogen-bond donors (Lipinski definition) is 1. The highest BCUT2D eigenvalue weighted by Gasteiger charge is 2.46. The second-order valence-corrected chi connectivity index (χ2v) is 3.02. The molecule has 2 N–H and O–H groups in total. The number of hydrogen-bond acceptors (Lipinski definition) is 2. The van der Waals surface area contributed by atoms with Crippen LogP contribution in [0.5, 0.6) is 0 Å². The first-order valence-corrected chi connectivity index (χ1v) is 4.04. The molecule has 13 heavy (non-hydrogen) atoms. The van der Waals surface area contributed by atoms with E-state index in [1.54, 1.807) is 0 Å². The zero-order valence-electron chi connectivity index (χ0n) is 6.97. The van der Waals surface area contributed by atoms with Crippen molar-refractivity contribution >= 4 is 5.91 Å². The summed E-state index contributed by atoms with van der Waals surface area (Å²) < 4.78 is 35.9. The monoisotopic (exact) mass is 196 g/mol. The van der Waals surface area contributed by atoms with Crippen LogP contribution in [0.15, 0.2) is 0 Å². The number of rotatable bonds is 3. The first kappa shape index (κ1) is 10.3. The van der Waals surface area contributed by atoms with Crippen molar-refractivity contribution in [2.24, 2.45) is 5.73 Å². The quantitative estimate of drug-likeness (QED) is 0.714. The van der Waals surface area contributed by atoms with E-state index in [4.69, 9.17) is 5.73 Å². The molecule has 0 bridgehead atoms. The average molecular weight is 196 g/mol. The molecular weight excluding hydrogens is 185 g/mol. The molecule has 0 spiro atoms. The van der Waals surface area contributed by atoms with Gasteiger partial charge in [0.15, 0.2) is 0 Å². The predicted octanol–water partition coefficient (Wildman–Crippen LogP) is 0.498. The van der Waals surface area contributed by atoms with E-state index in [2.05, 4.69) is 0 Å². The summed E-state index contributed by atoms with van der Waals surface area (Å²) in [6, 6.07) is -0.238. The fraction of sp³-hybridized carbons (Fsp3) is 0.857. The van der Waals surface area contributed by atoms with Crippen molar-refractivity contribution in [2.45, 2.75) is 25.1 Å². The van der Waals surface area contributed by atoms with Crippen molar-refractivity contribution < 1.29 is 18.0 Å². The Morgan fingerprint density at radius 1 is 1.46 bits per heavy atom. The van der Waals surface area contributed by atoms with Crippen LogP contribution >= 0.6 is 0 Å². The van der Waals surface area contributed by atoms with E-state index in [0.29, 0.717) is 12.8 Å². The van der Waals surface area contributed by atoms with Crippen LogP contribution in [0.1, 0.15) is 12.8 Å². The molecule has 0 radical (unpaired) electrons. The third-order valence-electron chi connectivity index (χ3n) is 1.86. The molecule has 0 atom stereocenters. The summed E-state index contributed by atoms with van der Waals surface area (Å²) in [7, 11) is 0. The molecule has 76 valence electrons. The summed E-state index contributed by atoms with van der Waals surface area (Å²) in [5, 5.41) is 0. The van der Waals surface area contributed by atoms with Crippen molar-refractivity contribution in [3.63, 3.8) is 0 Å². The van der Waals surface area contributed by atoms with Crippen LogP contribution < -0.4 is 5.73 Å². The zero-order valence-corrected chi connectivity index (χ0v) is 6.97. The van der Waals surface area contributed by atoms with Gasteiger partial charge in [0.2, 0.25) is 0 Å². The summed E-state index contributed by atoms with van der Waals surface area (Å²) in [5.41, 5.74) is 5.11. The molecule has 1 aliphatic rings. The molecule has 0 aromatic rings. The molecule has 0 heterocycles. The van der Waals surface area contributed by atoms with Gasteiger partial charge in [-0.25, -0.2) is 0 Å². The maximum atomic E-state index is 12.0. The fourth-order valence-electron chi connectivity index (χ4n) is 1.14.